The first-order chi connectivity index (χ1) is 11.2. The van der Waals surface area contributed by atoms with Crippen molar-refractivity contribution >= 4 is 22.4 Å². The second-order valence-corrected chi connectivity index (χ2v) is 7.02. The van der Waals surface area contributed by atoms with Gasteiger partial charge in [-0.2, -0.15) is 0 Å². The van der Waals surface area contributed by atoms with Crippen LogP contribution in [0.2, 0.25) is 0 Å². The highest BCUT2D eigenvalue weighted by Gasteiger charge is 2.31. The van der Waals surface area contributed by atoms with E-state index < -0.39 is 0 Å². The van der Waals surface area contributed by atoms with Gasteiger partial charge in [0.05, 0.1) is 6.54 Å². The summed E-state index contributed by atoms with van der Waals surface area (Å²) in [5.41, 5.74) is 1.31. The number of piperidine rings is 1. The molecule has 2 atom stereocenters. The number of likely N-dealkylation sites (tertiary alicyclic amines) is 1. The number of hydrogen-bond acceptors (Lipinski definition) is 4. The van der Waals surface area contributed by atoms with E-state index in [1.807, 2.05) is 18.5 Å². The molecule has 1 amide bonds. The van der Waals surface area contributed by atoms with E-state index in [2.05, 4.69) is 41.1 Å². The number of hydrogen-bond donors (Lipinski definition) is 0. The summed E-state index contributed by atoms with van der Waals surface area (Å²) < 4.78 is 0. The topological polar surface area (TPSA) is 36.4 Å². The van der Waals surface area contributed by atoms with E-state index in [-0.39, 0.29) is 5.91 Å². The molecule has 0 N–H and O–H groups in total. The predicted molar refractivity (Wildman–Crippen MR) is 94.7 cm³/mol. The first kappa shape index (κ1) is 16.1. The Morgan fingerprint density at radius 3 is 2.83 bits per heavy atom. The van der Waals surface area contributed by atoms with E-state index in [1.165, 1.54) is 23.3 Å². The Balaban J connectivity index is 1.76. The van der Waals surface area contributed by atoms with Crippen molar-refractivity contribution in [1.82, 2.24) is 9.88 Å². The van der Waals surface area contributed by atoms with E-state index >= 15 is 0 Å². The number of benzene rings is 1. The van der Waals surface area contributed by atoms with Crippen LogP contribution in [-0.4, -0.2) is 35.4 Å². The van der Waals surface area contributed by atoms with Crippen molar-refractivity contribution in [2.24, 2.45) is 0 Å². The molecule has 0 aliphatic carbocycles. The Hall–Kier alpha value is -1.72. The second-order valence-electron chi connectivity index (χ2n) is 6.15. The Kier molecular flexibility index (Phi) is 5.08. The number of aromatic nitrogens is 1. The molecule has 2 aromatic rings. The smallest absolute Gasteiger partial charge is 0.242 e. The van der Waals surface area contributed by atoms with Crippen LogP contribution < -0.4 is 4.90 Å². The van der Waals surface area contributed by atoms with Crippen molar-refractivity contribution < 1.29 is 4.79 Å². The van der Waals surface area contributed by atoms with Gasteiger partial charge in [-0.25, -0.2) is 4.98 Å². The van der Waals surface area contributed by atoms with Gasteiger partial charge in [0.2, 0.25) is 5.91 Å². The molecule has 0 saturated carbocycles. The first-order valence-electron chi connectivity index (χ1n) is 8.13. The van der Waals surface area contributed by atoms with Crippen LogP contribution in [0.5, 0.6) is 0 Å². The number of likely N-dealkylation sites (N-methyl/N-ethyl adjacent to an activating group) is 1. The van der Waals surface area contributed by atoms with Crippen molar-refractivity contribution in [3.8, 4) is 0 Å². The minimum Gasteiger partial charge on any atom is -0.290 e. The molecular formula is C18H23N3OS. The Morgan fingerprint density at radius 1 is 1.35 bits per heavy atom. The van der Waals surface area contributed by atoms with Gasteiger partial charge in [-0.05, 0) is 25.3 Å². The quantitative estimate of drug-likeness (QED) is 0.858. The van der Waals surface area contributed by atoms with Crippen LogP contribution in [0.3, 0.4) is 0 Å². The van der Waals surface area contributed by atoms with Gasteiger partial charge in [0, 0.05) is 30.7 Å². The van der Waals surface area contributed by atoms with Crippen molar-refractivity contribution in [3.05, 3.63) is 47.5 Å². The van der Waals surface area contributed by atoms with Gasteiger partial charge in [-0.1, -0.05) is 36.8 Å². The van der Waals surface area contributed by atoms with E-state index in [4.69, 9.17) is 0 Å². The van der Waals surface area contributed by atoms with Crippen LogP contribution in [0.1, 0.15) is 37.8 Å². The minimum atomic E-state index is 0.106. The van der Waals surface area contributed by atoms with Gasteiger partial charge in [0.15, 0.2) is 5.13 Å². The SMILES string of the molecule is C[C@H]1CCC[C@H](c2ccccc2)N1CC(=O)N(C)c1nccs1. The molecule has 1 aliphatic rings. The third-order valence-electron chi connectivity index (χ3n) is 4.65. The fraction of sp³-hybridized carbons (Fsp3) is 0.444. The molecule has 0 unspecified atom stereocenters. The van der Waals surface area contributed by atoms with Crippen molar-refractivity contribution in [2.45, 2.75) is 38.3 Å². The van der Waals surface area contributed by atoms with Gasteiger partial charge in [-0.3, -0.25) is 14.6 Å². The minimum absolute atomic E-state index is 0.106. The fourth-order valence-electron chi connectivity index (χ4n) is 3.30. The summed E-state index contributed by atoms with van der Waals surface area (Å²) in [7, 11) is 1.81. The van der Waals surface area contributed by atoms with Crippen LogP contribution in [0, 0.1) is 0 Å². The molecule has 0 spiro atoms. The molecule has 1 fully saturated rings. The highest BCUT2D eigenvalue weighted by Crippen LogP contribution is 2.34. The lowest BCUT2D eigenvalue weighted by atomic mass is 9.91. The third-order valence-corrected chi connectivity index (χ3v) is 5.50. The van der Waals surface area contributed by atoms with E-state index in [9.17, 15) is 4.79 Å². The molecule has 4 nitrogen and oxygen atoms in total. The number of anilines is 1. The standard InChI is InChI=1S/C18H23N3OS/c1-14-7-6-10-16(15-8-4-3-5-9-15)21(14)13-17(22)20(2)18-19-11-12-23-18/h3-5,8-9,11-12,14,16H,6-7,10,13H2,1-2H3/t14-,16+/m0/s1. The molecule has 1 saturated heterocycles. The Bertz CT molecular complexity index is 629. The molecule has 2 heterocycles. The summed E-state index contributed by atoms with van der Waals surface area (Å²) in [6.07, 6.45) is 5.22. The zero-order valence-corrected chi connectivity index (χ0v) is 14.5. The zero-order valence-electron chi connectivity index (χ0n) is 13.7. The summed E-state index contributed by atoms with van der Waals surface area (Å²) in [5, 5.41) is 2.66. The average molecular weight is 329 g/mol. The highest BCUT2D eigenvalue weighted by molar-refractivity contribution is 7.13. The lowest BCUT2D eigenvalue weighted by Gasteiger charge is -2.41. The Morgan fingerprint density at radius 2 is 2.13 bits per heavy atom. The van der Waals surface area contributed by atoms with E-state index in [0.717, 1.165) is 18.0 Å². The van der Waals surface area contributed by atoms with Crippen LogP contribution >= 0.6 is 11.3 Å². The van der Waals surface area contributed by atoms with Gasteiger partial charge in [-0.15, -0.1) is 11.3 Å². The number of thiazole rings is 1. The van der Waals surface area contributed by atoms with E-state index in [1.54, 1.807) is 11.1 Å². The molecule has 0 radical (unpaired) electrons. The maximum Gasteiger partial charge on any atom is 0.242 e. The van der Waals surface area contributed by atoms with Gasteiger partial charge < -0.3 is 0 Å². The molecule has 1 aliphatic heterocycles. The largest absolute Gasteiger partial charge is 0.290 e. The fourth-order valence-corrected chi connectivity index (χ4v) is 3.92. The summed E-state index contributed by atoms with van der Waals surface area (Å²) in [5.74, 6) is 0.106. The molecule has 23 heavy (non-hydrogen) atoms. The first-order valence-corrected chi connectivity index (χ1v) is 9.01. The van der Waals surface area contributed by atoms with Crippen molar-refractivity contribution in [1.29, 1.82) is 0 Å². The molecule has 1 aromatic heterocycles. The number of nitrogens with zero attached hydrogens (tertiary/aromatic N) is 3. The summed E-state index contributed by atoms with van der Waals surface area (Å²) in [4.78, 5) is 20.9. The molecule has 3 rings (SSSR count). The summed E-state index contributed by atoms with van der Waals surface area (Å²) in [6, 6.07) is 11.3. The van der Waals surface area contributed by atoms with E-state index in [0.29, 0.717) is 18.6 Å². The Labute approximate surface area is 141 Å². The lowest BCUT2D eigenvalue weighted by Crippen LogP contribution is -2.46. The molecule has 1 aromatic carbocycles. The van der Waals surface area contributed by atoms with Gasteiger partial charge in [0.1, 0.15) is 0 Å². The van der Waals surface area contributed by atoms with Crippen LogP contribution in [-0.2, 0) is 4.79 Å². The van der Waals surface area contributed by atoms with Crippen LogP contribution in [0.15, 0.2) is 41.9 Å². The number of carbonyl (C=O) groups excluding carboxylic acids is 1. The molecule has 5 heteroatoms. The van der Waals surface area contributed by atoms with Crippen LogP contribution in [0.25, 0.3) is 0 Å². The third kappa shape index (κ3) is 3.62. The maximum atomic E-state index is 12.7. The summed E-state index contributed by atoms with van der Waals surface area (Å²) >= 11 is 1.49. The number of rotatable bonds is 4. The number of carbonyl (C=O) groups is 1. The van der Waals surface area contributed by atoms with Gasteiger partial charge in [0.25, 0.3) is 0 Å². The zero-order chi connectivity index (χ0) is 16.2. The van der Waals surface area contributed by atoms with Crippen molar-refractivity contribution in [3.63, 3.8) is 0 Å². The lowest BCUT2D eigenvalue weighted by molar-refractivity contribution is -0.121. The molecule has 0 bridgehead atoms. The predicted octanol–water partition coefficient (Wildman–Crippen LogP) is 3.72. The molecule has 122 valence electrons. The maximum absolute atomic E-state index is 12.7. The normalized spacial score (nSPS) is 22.0. The van der Waals surface area contributed by atoms with Gasteiger partial charge >= 0.3 is 0 Å². The van der Waals surface area contributed by atoms with Crippen molar-refractivity contribution in [2.75, 3.05) is 18.5 Å². The highest BCUT2D eigenvalue weighted by atomic mass is 32.1. The molecular weight excluding hydrogens is 306 g/mol. The average Bonchev–Trinajstić information content (AvgIpc) is 3.11. The number of amides is 1. The second kappa shape index (κ2) is 7.23. The van der Waals surface area contributed by atoms with Crippen LogP contribution in [0.4, 0.5) is 5.13 Å². The summed E-state index contributed by atoms with van der Waals surface area (Å²) in [6.45, 7) is 2.67. The monoisotopic (exact) mass is 329 g/mol.